The molecule has 0 heterocycles. The molecule has 25 heavy (non-hydrogen) atoms. The van der Waals surface area contributed by atoms with Crippen LogP contribution in [0.5, 0.6) is 5.75 Å². The summed E-state index contributed by atoms with van der Waals surface area (Å²) in [5, 5.41) is 3.77. The zero-order valence-electron chi connectivity index (χ0n) is 15.6. The molecule has 2 nitrogen and oxygen atoms in total. The van der Waals surface area contributed by atoms with E-state index in [0.29, 0.717) is 11.5 Å². The van der Waals surface area contributed by atoms with Gasteiger partial charge in [0.1, 0.15) is 5.75 Å². The number of fused-ring (bicyclic) bond motifs is 5. The lowest BCUT2D eigenvalue weighted by molar-refractivity contribution is 0.0421. The van der Waals surface area contributed by atoms with E-state index >= 15 is 0 Å². The monoisotopic (exact) mass is 361 g/mol. The van der Waals surface area contributed by atoms with E-state index in [0.717, 1.165) is 30.0 Å². The van der Waals surface area contributed by atoms with Gasteiger partial charge in [-0.05, 0) is 85.0 Å². The van der Waals surface area contributed by atoms with Crippen LogP contribution in [0.3, 0.4) is 0 Å². The SMILES string of the molecule is C=CCN[C@H]1CC[C@H]2[C@@H]3CCc4cc(OC)ccc4[C@H]3CC[C@]12C.Cl. The zero-order valence-corrected chi connectivity index (χ0v) is 16.4. The van der Waals surface area contributed by atoms with Crippen LogP contribution < -0.4 is 10.1 Å². The quantitative estimate of drug-likeness (QED) is 0.752. The second kappa shape index (κ2) is 7.32. The van der Waals surface area contributed by atoms with Gasteiger partial charge in [0.15, 0.2) is 0 Å². The minimum Gasteiger partial charge on any atom is -0.497 e. The number of methoxy groups -OCH3 is 1. The summed E-state index contributed by atoms with van der Waals surface area (Å²) in [5.41, 5.74) is 3.64. The maximum Gasteiger partial charge on any atom is 0.119 e. The number of aryl methyl sites for hydroxylation is 1. The first-order valence-corrected chi connectivity index (χ1v) is 9.68. The van der Waals surface area contributed by atoms with Crippen LogP contribution in [-0.2, 0) is 6.42 Å². The summed E-state index contributed by atoms with van der Waals surface area (Å²) < 4.78 is 5.44. The Hall–Kier alpha value is -0.990. The molecule has 3 aliphatic rings. The highest BCUT2D eigenvalue weighted by Gasteiger charge is 2.54. The molecule has 0 radical (unpaired) electrons. The second-order valence-electron chi connectivity index (χ2n) is 8.35. The standard InChI is InChI=1S/C22H31NO.ClH/c1-4-13-23-21-10-9-20-19-7-5-15-14-16(24-3)6-8-17(15)18(19)11-12-22(20,21)2;/h4,6,8,14,18-21,23H,1,5,7,9-13H2,2-3H3;1H/t18-,19-,20+,21+,22+;/m1./s1. The third kappa shape index (κ3) is 3.02. The van der Waals surface area contributed by atoms with Crippen LogP contribution in [0.15, 0.2) is 30.9 Å². The van der Waals surface area contributed by atoms with E-state index < -0.39 is 0 Å². The van der Waals surface area contributed by atoms with Crippen molar-refractivity contribution in [2.75, 3.05) is 13.7 Å². The lowest BCUT2D eigenvalue weighted by Gasteiger charge is -2.51. The van der Waals surface area contributed by atoms with E-state index in [2.05, 4.69) is 37.0 Å². The van der Waals surface area contributed by atoms with Gasteiger partial charge in [0.05, 0.1) is 7.11 Å². The third-order valence-corrected chi connectivity index (χ3v) is 7.44. The van der Waals surface area contributed by atoms with Crippen molar-refractivity contribution >= 4 is 12.4 Å². The molecular weight excluding hydrogens is 330 g/mol. The minimum absolute atomic E-state index is 0. The largest absolute Gasteiger partial charge is 0.497 e. The van der Waals surface area contributed by atoms with E-state index in [1.165, 1.54) is 38.5 Å². The summed E-state index contributed by atoms with van der Waals surface area (Å²) in [6.45, 7) is 7.39. The van der Waals surface area contributed by atoms with Gasteiger partial charge < -0.3 is 10.1 Å². The number of hydrogen-bond acceptors (Lipinski definition) is 2. The molecule has 0 spiro atoms. The van der Waals surface area contributed by atoms with Crippen LogP contribution in [0.2, 0.25) is 0 Å². The molecule has 1 N–H and O–H groups in total. The summed E-state index contributed by atoms with van der Waals surface area (Å²) in [6, 6.07) is 7.48. The predicted octanol–water partition coefficient (Wildman–Crippen LogP) is 5.12. The van der Waals surface area contributed by atoms with Crippen molar-refractivity contribution in [3.05, 3.63) is 42.0 Å². The Morgan fingerprint density at radius 1 is 1.28 bits per heavy atom. The molecule has 1 aromatic carbocycles. The van der Waals surface area contributed by atoms with E-state index in [-0.39, 0.29) is 12.4 Å². The van der Waals surface area contributed by atoms with E-state index in [1.54, 1.807) is 18.2 Å². The summed E-state index contributed by atoms with van der Waals surface area (Å²) in [4.78, 5) is 0. The molecular formula is C22H32ClNO. The van der Waals surface area contributed by atoms with Gasteiger partial charge in [-0.1, -0.05) is 19.1 Å². The second-order valence-corrected chi connectivity index (χ2v) is 8.35. The fourth-order valence-corrected chi connectivity index (χ4v) is 6.25. The van der Waals surface area contributed by atoms with Crippen molar-refractivity contribution in [1.29, 1.82) is 0 Å². The number of nitrogens with one attached hydrogen (secondary N) is 1. The van der Waals surface area contributed by atoms with Crippen LogP contribution in [0.1, 0.15) is 56.1 Å². The minimum atomic E-state index is 0. The molecule has 0 saturated heterocycles. The maximum absolute atomic E-state index is 5.44. The molecule has 138 valence electrons. The van der Waals surface area contributed by atoms with E-state index in [1.807, 2.05) is 6.08 Å². The normalized spacial score (nSPS) is 35.8. The van der Waals surface area contributed by atoms with Crippen molar-refractivity contribution in [3.63, 3.8) is 0 Å². The topological polar surface area (TPSA) is 21.3 Å². The Balaban J connectivity index is 0.00000182. The van der Waals surface area contributed by atoms with Gasteiger partial charge in [-0.2, -0.15) is 0 Å². The highest BCUT2D eigenvalue weighted by Crippen LogP contribution is 2.60. The van der Waals surface area contributed by atoms with Gasteiger partial charge in [-0.15, -0.1) is 19.0 Å². The Labute approximate surface area is 158 Å². The predicted molar refractivity (Wildman–Crippen MR) is 107 cm³/mol. The molecule has 0 aromatic heterocycles. The maximum atomic E-state index is 5.44. The summed E-state index contributed by atoms with van der Waals surface area (Å²) in [5.74, 6) is 3.55. The molecule has 2 fully saturated rings. The molecule has 4 rings (SSSR count). The molecule has 3 heteroatoms. The smallest absolute Gasteiger partial charge is 0.119 e. The lowest BCUT2D eigenvalue weighted by atomic mass is 9.55. The highest BCUT2D eigenvalue weighted by molar-refractivity contribution is 5.85. The number of benzene rings is 1. The molecule has 0 bridgehead atoms. The fourth-order valence-electron chi connectivity index (χ4n) is 6.25. The van der Waals surface area contributed by atoms with Crippen LogP contribution in [0.25, 0.3) is 0 Å². The Kier molecular flexibility index (Phi) is 5.51. The van der Waals surface area contributed by atoms with E-state index in [4.69, 9.17) is 4.74 Å². The first-order valence-electron chi connectivity index (χ1n) is 9.68. The van der Waals surface area contributed by atoms with Crippen LogP contribution in [0.4, 0.5) is 0 Å². The van der Waals surface area contributed by atoms with Crippen molar-refractivity contribution < 1.29 is 4.74 Å². The van der Waals surface area contributed by atoms with Gasteiger partial charge in [0, 0.05) is 12.6 Å². The van der Waals surface area contributed by atoms with Gasteiger partial charge in [-0.3, -0.25) is 0 Å². The number of hydrogen-bond donors (Lipinski definition) is 1. The fraction of sp³-hybridized carbons (Fsp3) is 0.636. The first kappa shape index (κ1) is 18.8. The summed E-state index contributed by atoms with van der Waals surface area (Å²) in [6.07, 6.45) is 10.0. The molecule has 0 aliphatic heterocycles. The van der Waals surface area contributed by atoms with Gasteiger partial charge in [-0.25, -0.2) is 0 Å². The van der Waals surface area contributed by atoms with Crippen molar-refractivity contribution in [2.24, 2.45) is 17.3 Å². The first-order chi connectivity index (χ1) is 11.7. The highest BCUT2D eigenvalue weighted by atomic mass is 35.5. The molecule has 1 aromatic rings. The molecule has 3 aliphatic carbocycles. The molecule has 5 atom stereocenters. The Morgan fingerprint density at radius 3 is 2.88 bits per heavy atom. The average Bonchev–Trinajstić information content (AvgIpc) is 2.95. The lowest BCUT2D eigenvalue weighted by Crippen LogP contribution is -2.48. The van der Waals surface area contributed by atoms with Gasteiger partial charge in [0.25, 0.3) is 0 Å². The van der Waals surface area contributed by atoms with Gasteiger partial charge in [0.2, 0.25) is 0 Å². The summed E-state index contributed by atoms with van der Waals surface area (Å²) in [7, 11) is 1.77. The van der Waals surface area contributed by atoms with Crippen molar-refractivity contribution in [2.45, 2.75) is 57.4 Å². The number of ether oxygens (including phenoxy) is 1. The van der Waals surface area contributed by atoms with Crippen molar-refractivity contribution in [3.8, 4) is 5.75 Å². The number of halogens is 1. The van der Waals surface area contributed by atoms with Crippen molar-refractivity contribution in [1.82, 2.24) is 5.32 Å². The zero-order chi connectivity index (χ0) is 16.7. The number of rotatable bonds is 4. The molecule has 2 saturated carbocycles. The Bertz CT molecular complexity index is 630. The van der Waals surface area contributed by atoms with Crippen LogP contribution >= 0.6 is 12.4 Å². The van der Waals surface area contributed by atoms with Gasteiger partial charge >= 0.3 is 0 Å². The summed E-state index contributed by atoms with van der Waals surface area (Å²) >= 11 is 0. The van der Waals surface area contributed by atoms with Crippen LogP contribution in [-0.4, -0.2) is 19.7 Å². The third-order valence-electron chi connectivity index (χ3n) is 7.44. The van der Waals surface area contributed by atoms with E-state index in [9.17, 15) is 0 Å². The molecule has 0 amide bonds. The van der Waals surface area contributed by atoms with Crippen LogP contribution in [0, 0.1) is 17.3 Å². The average molecular weight is 362 g/mol. The molecule has 0 unspecified atom stereocenters. The Morgan fingerprint density at radius 2 is 2.12 bits per heavy atom.